The zero-order valence-electron chi connectivity index (χ0n) is 37.8. The van der Waals surface area contributed by atoms with Gasteiger partial charge in [0.2, 0.25) is 0 Å². The van der Waals surface area contributed by atoms with E-state index in [-0.39, 0.29) is 37.5 Å². The third kappa shape index (κ3) is 44.0. The van der Waals surface area contributed by atoms with Crippen LogP contribution in [0.5, 0.6) is 0 Å². The highest BCUT2D eigenvalue weighted by molar-refractivity contribution is 5.71. The van der Waals surface area contributed by atoms with Crippen LogP contribution in [0.1, 0.15) is 220 Å². The van der Waals surface area contributed by atoms with Gasteiger partial charge >= 0.3 is 17.9 Å². The molecule has 0 heterocycles. The maximum Gasteiger partial charge on any atom is 0.306 e. The average Bonchev–Trinajstić information content (AvgIpc) is 3.22. The number of allylic oxidation sites excluding steroid dienone is 12. The number of ether oxygens (including phenoxy) is 3. The summed E-state index contributed by atoms with van der Waals surface area (Å²) in [7, 11) is 0. The van der Waals surface area contributed by atoms with Crippen LogP contribution in [-0.4, -0.2) is 37.2 Å². The summed E-state index contributed by atoms with van der Waals surface area (Å²) in [5.41, 5.74) is 0. The van der Waals surface area contributed by atoms with Gasteiger partial charge in [-0.05, 0) is 83.5 Å². The van der Waals surface area contributed by atoms with Crippen molar-refractivity contribution in [1.82, 2.24) is 0 Å². The Hall–Kier alpha value is -3.15. The Morgan fingerprint density at radius 2 is 0.672 bits per heavy atom. The average molecular weight is 809 g/mol. The van der Waals surface area contributed by atoms with Crippen LogP contribution in [0.25, 0.3) is 0 Å². The van der Waals surface area contributed by atoms with E-state index in [1.165, 1.54) is 77.0 Å². The van der Waals surface area contributed by atoms with Gasteiger partial charge in [0.25, 0.3) is 0 Å². The van der Waals surface area contributed by atoms with E-state index in [0.717, 1.165) is 96.3 Å². The normalized spacial score (nSPS) is 12.7. The van der Waals surface area contributed by atoms with E-state index in [2.05, 4.69) is 93.7 Å². The van der Waals surface area contributed by atoms with Crippen LogP contribution in [0.2, 0.25) is 0 Å². The lowest BCUT2D eigenvalue weighted by Gasteiger charge is -2.18. The maximum atomic E-state index is 12.7. The van der Waals surface area contributed by atoms with Gasteiger partial charge in [0, 0.05) is 19.3 Å². The molecule has 6 nitrogen and oxygen atoms in total. The topological polar surface area (TPSA) is 78.9 Å². The molecule has 332 valence electrons. The second-order valence-corrected chi connectivity index (χ2v) is 15.6. The molecule has 6 heteroatoms. The molecule has 0 fully saturated rings. The maximum absolute atomic E-state index is 12.7. The molecule has 0 aliphatic heterocycles. The van der Waals surface area contributed by atoms with Crippen LogP contribution < -0.4 is 0 Å². The van der Waals surface area contributed by atoms with Gasteiger partial charge in [0.05, 0.1) is 0 Å². The summed E-state index contributed by atoms with van der Waals surface area (Å²) in [5.74, 6) is -0.950. The molecule has 0 saturated carbocycles. The molecule has 0 aromatic carbocycles. The molecule has 1 unspecified atom stereocenters. The number of hydrogen-bond donors (Lipinski definition) is 0. The van der Waals surface area contributed by atoms with Crippen molar-refractivity contribution in [1.29, 1.82) is 0 Å². The molecule has 0 spiro atoms. The van der Waals surface area contributed by atoms with Gasteiger partial charge in [-0.3, -0.25) is 14.4 Å². The van der Waals surface area contributed by atoms with E-state index in [0.29, 0.717) is 19.3 Å². The van der Waals surface area contributed by atoms with Crippen LogP contribution in [0.15, 0.2) is 72.9 Å². The van der Waals surface area contributed by atoms with Gasteiger partial charge in [0.15, 0.2) is 6.10 Å². The summed E-state index contributed by atoms with van der Waals surface area (Å²) in [6.07, 6.45) is 57.4. The minimum absolute atomic E-state index is 0.0941. The lowest BCUT2D eigenvalue weighted by molar-refractivity contribution is -0.167. The largest absolute Gasteiger partial charge is 0.462 e. The van der Waals surface area contributed by atoms with Gasteiger partial charge in [-0.15, -0.1) is 0 Å². The lowest BCUT2D eigenvalue weighted by Crippen LogP contribution is -2.30. The Morgan fingerprint density at radius 3 is 1.09 bits per heavy atom. The van der Waals surface area contributed by atoms with Crippen LogP contribution in [0, 0.1) is 0 Å². The number of rotatable bonds is 42. The van der Waals surface area contributed by atoms with Gasteiger partial charge in [-0.1, -0.05) is 190 Å². The van der Waals surface area contributed by atoms with Crippen molar-refractivity contribution in [3.8, 4) is 0 Å². The highest BCUT2D eigenvalue weighted by atomic mass is 16.6. The number of carbonyl (C=O) groups excluding carboxylic acids is 3. The third-order valence-electron chi connectivity index (χ3n) is 9.96. The van der Waals surface area contributed by atoms with Gasteiger partial charge in [-0.25, -0.2) is 0 Å². The number of hydrogen-bond acceptors (Lipinski definition) is 6. The minimum Gasteiger partial charge on any atom is -0.462 e. The fraction of sp³-hybridized carbons (Fsp3) is 0.712. The summed E-state index contributed by atoms with van der Waals surface area (Å²) < 4.78 is 16.7. The second-order valence-electron chi connectivity index (χ2n) is 15.6. The molecule has 0 aromatic rings. The molecule has 0 radical (unpaired) electrons. The smallest absolute Gasteiger partial charge is 0.306 e. The quantitative estimate of drug-likeness (QED) is 0.0264. The standard InChI is InChI=1S/C52H88O6/c1-4-7-10-13-16-19-22-25-26-27-28-31-33-36-39-42-45-51(54)57-48-49(58-52(55)46-43-40-37-34-30-24-21-18-15-12-9-6-3)47-56-50(53)44-41-38-35-32-29-23-20-17-14-11-8-5-2/h7,9-10,12,16,18-19,21,25-26,30,34,49H,4-6,8,11,13-15,17,20,22-24,27-29,31-33,35-48H2,1-3H3/b10-7-,12-9-,19-16-,21-18-,26-25-,34-30-. The molecule has 0 amide bonds. The Balaban J connectivity index is 4.43. The molecular formula is C52H88O6. The van der Waals surface area contributed by atoms with Crippen LogP contribution in [0.4, 0.5) is 0 Å². The molecular weight excluding hydrogens is 721 g/mol. The molecule has 0 aromatic heterocycles. The van der Waals surface area contributed by atoms with Gasteiger partial charge < -0.3 is 14.2 Å². The van der Waals surface area contributed by atoms with E-state index in [1.54, 1.807) is 0 Å². The fourth-order valence-corrected chi connectivity index (χ4v) is 6.41. The molecule has 0 bridgehead atoms. The first-order valence-corrected chi connectivity index (χ1v) is 23.9. The van der Waals surface area contributed by atoms with E-state index < -0.39 is 6.10 Å². The Labute approximate surface area is 357 Å². The first kappa shape index (κ1) is 54.9. The highest BCUT2D eigenvalue weighted by Crippen LogP contribution is 2.14. The van der Waals surface area contributed by atoms with Crippen LogP contribution in [-0.2, 0) is 28.6 Å². The van der Waals surface area contributed by atoms with Crippen molar-refractivity contribution in [2.75, 3.05) is 13.2 Å². The van der Waals surface area contributed by atoms with Gasteiger partial charge in [0.1, 0.15) is 13.2 Å². The predicted molar refractivity (Wildman–Crippen MR) is 247 cm³/mol. The molecule has 0 rings (SSSR count). The molecule has 1 atom stereocenters. The molecule has 0 aliphatic rings. The SMILES string of the molecule is CC/C=C\C/C=C\C/C=C\CCCCCCCCC(=O)OCC(COC(=O)CCCCCCCCCCCCCC)OC(=O)CCCC/C=C\C/C=C\C/C=C\CC. The van der Waals surface area contributed by atoms with Crippen molar-refractivity contribution in [3.05, 3.63) is 72.9 Å². The summed E-state index contributed by atoms with van der Waals surface area (Å²) >= 11 is 0. The lowest BCUT2D eigenvalue weighted by atomic mass is 10.0. The first-order chi connectivity index (χ1) is 28.5. The molecule has 0 aliphatic carbocycles. The number of carbonyl (C=O) groups is 3. The number of esters is 3. The summed E-state index contributed by atoms with van der Waals surface area (Å²) in [5, 5.41) is 0. The van der Waals surface area contributed by atoms with Crippen molar-refractivity contribution < 1.29 is 28.6 Å². The molecule has 0 N–H and O–H groups in total. The second kappa shape index (κ2) is 46.5. The van der Waals surface area contributed by atoms with Crippen molar-refractivity contribution in [2.45, 2.75) is 226 Å². The van der Waals surface area contributed by atoms with E-state index in [9.17, 15) is 14.4 Å². The van der Waals surface area contributed by atoms with E-state index in [1.807, 2.05) is 0 Å². The van der Waals surface area contributed by atoms with E-state index in [4.69, 9.17) is 14.2 Å². The zero-order chi connectivity index (χ0) is 42.3. The molecule has 0 saturated heterocycles. The molecule has 58 heavy (non-hydrogen) atoms. The predicted octanol–water partition coefficient (Wildman–Crippen LogP) is 15.5. The summed E-state index contributed by atoms with van der Waals surface area (Å²) in [6, 6.07) is 0. The minimum atomic E-state index is -0.797. The monoisotopic (exact) mass is 809 g/mol. The zero-order valence-corrected chi connectivity index (χ0v) is 37.8. The summed E-state index contributed by atoms with van der Waals surface area (Å²) in [6.45, 7) is 6.35. The first-order valence-electron chi connectivity index (χ1n) is 23.9. The Bertz CT molecular complexity index is 1110. The van der Waals surface area contributed by atoms with Crippen LogP contribution >= 0.6 is 0 Å². The summed E-state index contributed by atoms with van der Waals surface area (Å²) in [4.78, 5) is 37.8. The number of unbranched alkanes of at least 4 members (excludes halogenated alkanes) is 19. The van der Waals surface area contributed by atoms with Gasteiger partial charge in [-0.2, -0.15) is 0 Å². The van der Waals surface area contributed by atoms with Crippen molar-refractivity contribution in [3.63, 3.8) is 0 Å². The Kier molecular flexibility index (Phi) is 44.0. The highest BCUT2D eigenvalue weighted by Gasteiger charge is 2.19. The van der Waals surface area contributed by atoms with Crippen LogP contribution in [0.3, 0.4) is 0 Å². The Morgan fingerprint density at radius 1 is 0.362 bits per heavy atom. The third-order valence-corrected chi connectivity index (χ3v) is 9.96. The van der Waals surface area contributed by atoms with Crippen molar-refractivity contribution in [2.24, 2.45) is 0 Å². The van der Waals surface area contributed by atoms with Crippen molar-refractivity contribution >= 4 is 17.9 Å². The fourth-order valence-electron chi connectivity index (χ4n) is 6.41. The van der Waals surface area contributed by atoms with E-state index >= 15 is 0 Å².